The maximum atomic E-state index is 12.2. The third kappa shape index (κ3) is 3.11. The van der Waals surface area contributed by atoms with Crippen molar-refractivity contribution in [2.45, 2.75) is 44.0 Å². The predicted octanol–water partition coefficient (Wildman–Crippen LogP) is 1.68. The van der Waals surface area contributed by atoms with Crippen molar-refractivity contribution in [3.8, 4) is 0 Å². The molecule has 0 N–H and O–H groups in total. The molecule has 1 fully saturated rings. The van der Waals surface area contributed by atoms with E-state index in [1.807, 2.05) is 18.7 Å². The Kier molecular flexibility index (Phi) is 4.07. The number of rotatable bonds is 4. The van der Waals surface area contributed by atoms with Crippen LogP contribution in [0.2, 0.25) is 0 Å². The molecule has 0 aliphatic carbocycles. The van der Waals surface area contributed by atoms with Crippen LogP contribution in [0, 0.1) is 0 Å². The number of hydrogen-bond acceptors (Lipinski definition) is 4. The molecule has 0 atom stereocenters. The number of hydrogen-bond donors (Lipinski definition) is 0. The number of likely N-dealkylation sites (tertiary alicyclic amines) is 1. The van der Waals surface area contributed by atoms with Crippen molar-refractivity contribution in [1.29, 1.82) is 0 Å². The Morgan fingerprint density at radius 2 is 1.94 bits per heavy atom. The van der Waals surface area contributed by atoms with Crippen molar-refractivity contribution in [1.82, 2.24) is 14.7 Å². The fraction of sp³-hybridized carbons (Fsp3) is 0.750. The predicted molar refractivity (Wildman–Crippen MR) is 70.1 cm³/mol. The van der Waals surface area contributed by atoms with E-state index in [9.17, 15) is 8.42 Å². The first-order valence-corrected chi connectivity index (χ1v) is 8.13. The van der Waals surface area contributed by atoms with Crippen LogP contribution in [0.1, 0.15) is 39.2 Å². The molecule has 1 aromatic heterocycles. The zero-order chi connectivity index (χ0) is 13.2. The van der Waals surface area contributed by atoms with Crippen LogP contribution in [-0.4, -0.2) is 42.1 Å². The molecule has 102 valence electrons. The molecule has 0 spiro atoms. The highest BCUT2D eigenvalue weighted by Gasteiger charge is 2.22. The highest BCUT2D eigenvalue weighted by molar-refractivity contribution is 7.91. The lowest BCUT2D eigenvalue weighted by atomic mass is 10.1. The van der Waals surface area contributed by atoms with Crippen molar-refractivity contribution in [3.63, 3.8) is 0 Å². The quantitative estimate of drug-likeness (QED) is 0.836. The molecule has 5 nitrogen and oxygen atoms in total. The van der Waals surface area contributed by atoms with E-state index in [0.29, 0.717) is 4.90 Å². The Bertz CT molecular complexity index is 487. The van der Waals surface area contributed by atoms with Gasteiger partial charge in [-0.2, -0.15) is 5.10 Å². The van der Waals surface area contributed by atoms with E-state index in [2.05, 4.69) is 5.10 Å². The van der Waals surface area contributed by atoms with E-state index in [0.717, 1.165) is 25.9 Å². The van der Waals surface area contributed by atoms with E-state index < -0.39 is 9.84 Å². The van der Waals surface area contributed by atoms with Crippen LogP contribution < -0.4 is 0 Å². The van der Waals surface area contributed by atoms with Crippen molar-refractivity contribution < 1.29 is 8.42 Å². The van der Waals surface area contributed by atoms with Gasteiger partial charge in [-0.25, -0.2) is 8.42 Å². The molecule has 1 aliphatic rings. The van der Waals surface area contributed by atoms with Gasteiger partial charge in [0.1, 0.15) is 10.8 Å². The minimum absolute atomic E-state index is 0.122. The monoisotopic (exact) mass is 271 g/mol. The first-order chi connectivity index (χ1) is 8.49. The maximum absolute atomic E-state index is 12.2. The lowest BCUT2D eigenvalue weighted by molar-refractivity contribution is 0.261. The van der Waals surface area contributed by atoms with Crippen LogP contribution in [0.25, 0.3) is 0 Å². The second-order valence-electron chi connectivity index (χ2n) is 5.17. The summed E-state index contributed by atoms with van der Waals surface area (Å²) in [6.45, 7) is 5.73. The van der Waals surface area contributed by atoms with Gasteiger partial charge in [0.05, 0.1) is 6.20 Å². The highest BCUT2D eigenvalue weighted by Crippen LogP contribution is 2.16. The summed E-state index contributed by atoms with van der Waals surface area (Å²) in [5, 5.41) is 4.09. The van der Waals surface area contributed by atoms with Crippen molar-refractivity contribution in [2.75, 3.05) is 19.0 Å². The molecule has 0 radical (unpaired) electrons. The summed E-state index contributed by atoms with van der Waals surface area (Å²) >= 11 is 0. The summed E-state index contributed by atoms with van der Waals surface area (Å²) in [5.74, 6) is 0.122. The zero-order valence-corrected chi connectivity index (χ0v) is 11.9. The third-order valence-corrected chi connectivity index (χ3v) is 4.90. The maximum Gasteiger partial charge on any atom is 0.194 e. The van der Waals surface area contributed by atoms with E-state index in [4.69, 9.17) is 0 Å². The molecule has 0 unspecified atom stereocenters. The van der Waals surface area contributed by atoms with Gasteiger partial charge in [-0.15, -0.1) is 0 Å². The average Bonchev–Trinajstić information content (AvgIpc) is 2.79. The normalized spacial score (nSPS) is 18.4. The largest absolute Gasteiger partial charge is 0.290 e. The van der Waals surface area contributed by atoms with Gasteiger partial charge in [0, 0.05) is 12.2 Å². The summed E-state index contributed by atoms with van der Waals surface area (Å²) in [5.41, 5.74) is 0. The van der Waals surface area contributed by atoms with Crippen molar-refractivity contribution in [2.24, 2.45) is 0 Å². The second-order valence-corrected chi connectivity index (χ2v) is 7.13. The molecule has 2 rings (SSSR count). The summed E-state index contributed by atoms with van der Waals surface area (Å²) < 4.78 is 26.2. The lowest BCUT2D eigenvalue weighted by Gasteiger charge is -2.25. The molecule has 0 saturated carbocycles. The van der Waals surface area contributed by atoms with Crippen LogP contribution >= 0.6 is 0 Å². The Balaban J connectivity index is 2.09. The fourth-order valence-corrected chi connectivity index (χ4v) is 3.53. The number of piperidine rings is 1. The van der Waals surface area contributed by atoms with Crippen LogP contribution in [-0.2, 0) is 9.84 Å². The van der Waals surface area contributed by atoms with Crippen molar-refractivity contribution in [3.05, 3.63) is 12.4 Å². The Morgan fingerprint density at radius 1 is 1.28 bits per heavy atom. The average molecular weight is 271 g/mol. The smallest absolute Gasteiger partial charge is 0.194 e. The molecule has 1 aromatic rings. The SMILES string of the molecule is CC(C)n1cc(S(=O)(=O)CN2CCCCC2)cn1. The van der Waals surface area contributed by atoms with E-state index in [-0.39, 0.29) is 11.9 Å². The van der Waals surface area contributed by atoms with Crippen LogP contribution in [0.4, 0.5) is 0 Å². The molecule has 6 heteroatoms. The highest BCUT2D eigenvalue weighted by atomic mass is 32.2. The Labute approximate surface area is 109 Å². The number of sulfone groups is 1. The number of nitrogens with zero attached hydrogens (tertiary/aromatic N) is 3. The molecule has 0 amide bonds. The molecule has 1 aliphatic heterocycles. The van der Waals surface area contributed by atoms with Gasteiger partial charge in [-0.3, -0.25) is 9.58 Å². The molecule has 1 saturated heterocycles. The zero-order valence-electron chi connectivity index (χ0n) is 11.0. The molecular formula is C12H21N3O2S. The second kappa shape index (κ2) is 5.40. The molecular weight excluding hydrogens is 250 g/mol. The van der Waals surface area contributed by atoms with Gasteiger partial charge in [0.2, 0.25) is 0 Å². The minimum atomic E-state index is -3.23. The first kappa shape index (κ1) is 13.5. The number of aromatic nitrogens is 2. The summed E-state index contributed by atoms with van der Waals surface area (Å²) in [6, 6.07) is 0.184. The standard InChI is InChI=1S/C12H21N3O2S/c1-11(2)15-9-12(8-13-15)18(16,17)10-14-6-4-3-5-7-14/h8-9,11H,3-7,10H2,1-2H3. The van der Waals surface area contributed by atoms with Crippen LogP contribution in [0.15, 0.2) is 17.3 Å². The molecule has 0 aromatic carbocycles. The minimum Gasteiger partial charge on any atom is -0.290 e. The van der Waals surface area contributed by atoms with Crippen molar-refractivity contribution >= 4 is 9.84 Å². The van der Waals surface area contributed by atoms with Gasteiger partial charge in [-0.05, 0) is 39.8 Å². The van der Waals surface area contributed by atoms with E-state index in [1.54, 1.807) is 10.9 Å². The van der Waals surface area contributed by atoms with Gasteiger partial charge in [-0.1, -0.05) is 6.42 Å². The van der Waals surface area contributed by atoms with Gasteiger partial charge in [0.15, 0.2) is 9.84 Å². The Hall–Kier alpha value is -0.880. The van der Waals surface area contributed by atoms with Crippen LogP contribution in [0.3, 0.4) is 0 Å². The van der Waals surface area contributed by atoms with Gasteiger partial charge >= 0.3 is 0 Å². The first-order valence-electron chi connectivity index (χ1n) is 6.48. The topological polar surface area (TPSA) is 55.2 Å². The molecule has 2 heterocycles. The lowest BCUT2D eigenvalue weighted by Crippen LogP contribution is -2.34. The van der Waals surface area contributed by atoms with E-state index in [1.165, 1.54) is 12.6 Å². The fourth-order valence-electron chi connectivity index (χ4n) is 2.17. The summed E-state index contributed by atoms with van der Waals surface area (Å²) in [7, 11) is -3.23. The third-order valence-electron chi connectivity index (χ3n) is 3.27. The molecule has 18 heavy (non-hydrogen) atoms. The summed E-state index contributed by atoms with van der Waals surface area (Å²) in [6.07, 6.45) is 6.49. The summed E-state index contributed by atoms with van der Waals surface area (Å²) in [4.78, 5) is 2.35. The van der Waals surface area contributed by atoms with E-state index >= 15 is 0 Å². The Morgan fingerprint density at radius 3 is 2.50 bits per heavy atom. The van der Waals surface area contributed by atoms with Gasteiger partial charge in [0.25, 0.3) is 0 Å². The van der Waals surface area contributed by atoms with Crippen LogP contribution in [0.5, 0.6) is 0 Å². The molecule has 0 bridgehead atoms. The van der Waals surface area contributed by atoms with Gasteiger partial charge < -0.3 is 0 Å².